The number of rotatable bonds is 14. The van der Waals surface area contributed by atoms with E-state index >= 15 is 0 Å². The number of carboxylic acids is 6. The summed E-state index contributed by atoms with van der Waals surface area (Å²) in [5, 5.41) is 53.4. The molecule has 0 atom stereocenters. The van der Waals surface area contributed by atoms with Crippen LogP contribution in [0.4, 0.5) is 0 Å². The molecule has 0 radical (unpaired) electrons. The van der Waals surface area contributed by atoms with Gasteiger partial charge in [0.15, 0.2) is 0 Å². The maximum atomic E-state index is 11.8. The van der Waals surface area contributed by atoms with Crippen molar-refractivity contribution in [3.05, 3.63) is 12.2 Å². The Labute approximate surface area is 248 Å². The molecule has 184 valence electrons. The monoisotopic (exact) mass is 548 g/mol. The Morgan fingerprint density at radius 3 is 0.853 bits per heavy atom. The molecule has 0 unspecified atom stereocenters. The van der Waals surface area contributed by atoms with Crippen molar-refractivity contribution < 1.29 is 78.5 Å². The zero-order valence-corrected chi connectivity index (χ0v) is 15.7. The van der Waals surface area contributed by atoms with Crippen LogP contribution in [0.1, 0.15) is 25.7 Å². The van der Waals surface area contributed by atoms with Gasteiger partial charge in [-0.05, 0) is 0 Å². The Kier molecular flexibility index (Phi) is 17.0. The Morgan fingerprint density at radius 1 is 0.500 bits per heavy atom. The second kappa shape index (κ2) is 15.8. The zero-order valence-electron chi connectivity index (χ0n) is 15.7. The SMILES string of the molecule is O=C(O)CC(CC(=O)O)(OC(=O)/C=C/C(=O)OC(CC(=O)O)(CC(=O)O)C(=O)O)C(=O)O.[CaH2].[CaH2]. The van der Waals surface area contributed by atoms with Crippen LogP contribution in [0.3, 0.4) is 0 Å². The van der Waals surface area contributed by atoms with E-state index in [-0.39, 0.29) is 87.6 Å². The molecule has 0 spiro atoms. The van der Waals surface area contributed by atoms with Crippen molar-refractivity contribution in [3.63, 3.8) is 0 Å². The minimum atomic E-state index is -3.07. The van der Waals surface area contributed by atoms with Crippen LogP contribution in [-0.2, 0) is 47.8 Å². The summed E-state index contributed by atoms with van der Waals surface area (Å²) in [5.41, 5.74) is -6.14. The first-order valence-electron chi connectivity index (χ1n) is 8.03. The third kappa shape index (κ3) is 12.5. The first-order valence-corrected chi connectivity index (χ1v) is 8.03. The molecule has 16 nitrogen and oxygen atoms in total. The normalized spacial score (nSPS) is 10.7. The predicted octanol–water partition coefficient (Wildman–Crippen LogP) is -3.66. The van der Waals surface area contributed by atoms with Crippen LogP contribution in [0.2, 0.25) is 0 Å². The van der Waals surface area contributed by atoms with E-state index in [1.807, 2.05) is 0 Å². The number of aliphatic carboxylic acids is 6. The quantitative estimate of drug-likeness (QED) is 0.0693. The van der Waals surface area contributed by atoms with Gasteiger partial charge < -0.3 is 40.1 Å². The standard InChI is InChI=1S/C16H16O16.2Ca.4H/c17-7(18)3-15(13(27)28,4-8(19)20)31-11(25)1-2-12(26)32-16(14(29)30,5-9(21)22)6-10(23)24;;;;;;/h1-2H,3-6H2,(H,17,18)(H,19,20)(H,21,22)(H,23,24)(H,27,28)(H,29,30);;;;;;/b2-1+;;;;;;. The first kappa shape index (κ1) is 36.6. The van der Waals surface area contributed by atoms with Crippen molar-refractivity contribution in [1.82, 2.24) is 0 Å². The molecule has 0 amide bonds. The average Bonchev–Trinajstić information content (AvgIpc) is 2.57. The number of esters is 2. The van der Waals surface area contributed by atoms with Crippen LogP contribution in [0.15, 0.2) is 12.2 Å². The number of carbonyl (C=O) groups is 8. The van der Waals surface area contributed by atoms with Crippen LogP contribution in [-0.4, -0.2) is 165 Å². The first-order chi connectivity index (χ1) is 14.5. The number of hydrogen-bond acceptors (Lipinski definition) is 10. The van der Waals surface area contributed by atoms with Crippen LogP contribution >= 0.6 is 0 Å². The van der Waals surface area contributed by atoms with E-state index < -0.39 is 84.6 Å². The molecule has 0 bridgehead atoms. The second-order valence-corrected chi connectivity index (χ2v) is 6.06. The van der Waals surface area contributed by atoms with E-state index in [1.165, 1.54) is 0 Å². The van der Waals surface area contributed by atoms with Crippen molar-refractivity contribution in [1.29, 1.82) is 0 Å². The molecule has 0 rings (SSSR count). The van der Waals surface area contributed by atoms with E-state index in [0.29, 0.717) is 0 Å². The molecule has 6 N–H and O–H groups in total. The number of ether oxygens (including phenoxy) is 2. The van der Waals surface area contributed by atoms with E-state index in [4.69, 9.17) is 30.6 Å². The molecular weight excluding hydrogens is 528 g/mol. The molecular formula is C16H20Ca2O16. The molecule has 0 aliphatic rings. The van der Waals surface area contributed by atoms with E-state index in [9.17, 15) is 38.4 Å². The molecule has 0 aliphatic heterocycles. The Hall–Kier alpha value is -1.98. The maximum absolute atomic E-state index is 11.8. The van der Waals surface area contributed by atoms with Crippen molar-refractivity contribution in [2.75, 3.05) is 0 Å². The van der Waals surface area contributed by atoms with Gasteiger partial charge in [-0.25, -0.2) is 19.2 Å². The zero-order chi connectivity index (χ0) is 25.3. The van der Waals surface area contributed by atoms with E-state index in [0.717, 1.165) is 0 Å². The van der Waals surface area contributed by atoms with Gasteiger partial charge in [0, 0.05) is 12.2 Å². The van der Waals surface area contributed by atoms with Gasteiger partial charge in [0.25, 0.3) is 0 Å². The summed E-state index contributed by atoms with van der Waals surface area (Å²) in [4.78, 5) is 89.7. The van der Waals surface area contributed by atoms with Gasteiger partial charge in [0.1, 0.15) is 0 Å². The predicted molar refractivity (Wildman–Crippen MR) is 108 cm³/mol. The molecule has 0 fully saturated rings. The molecule has 0 saturated carbocycles. The number of carbonyl (C=O) groups excluding carboxylic acids is 2. The van der Waals surface area contributed by atoms with Crippen molar-refractivity contribution in [3.8, 4) is 0 Å². The number of hydrogen-bond donors (Lipinski definition) is 6. The molecule has 0 aromatic heterocycles. The van der Waals surface area contributed by atoms with Crippen molar-refractivity contribution in [2.24, 2.45) is 0 Å². The molecule has 0 aromatic rings. The topological polar surface area (TPSA) is 276 Å². The van der Waals surface area contributed by atoms with Gasteiger partial charge in [0.05, 0.1) is 25.7 Å². The molecule has 0 aromatic carbocycles. The molecule has 0 aliphatic carbocycles. The number of carboxylic acid groups (broad SMARTS) is 6. The Morgan fingerprint density at radius 2 is 0.706 bits per heavy atom. The minimum absolute atomic E-state index is 0. The van der Waals surface area contributed by atoms with Crippen molar-refractivity contribution in [2.45, 2.75) is 36.9 Å². The van der Waals surface area contributed by atoms with Gasteiger partial charge in [-0.1, -0.05) is 0 Å². The average molecular weight is 548 g/mol. The summed E-state index contributed by atoms with van der Waals surface area (Å²) in [6.07, 6.45) is -5.68. The summed E-state index contributed by atoms with van der Waals surface area (Å²) >= 11 is 0. The fraction of sp³-hybridized carbons (Fsp3) is 0.375. The van der Waals surface area contributed by atoms with Gasteiger partial charge in [-0.15, -0.1) is 0 Å². The van der Waals surface area contributed by atoms with E-state index in [2.05, 4.69) is 9.47 Å². The Bertz CT molecular complexity index is 774. The van der Waals surface area contributed by atoms with Crippen LogP contribution < -0.4 is 0 Å². The summed E-state index contributed by atoms with van der Waals surface area (Å²) in [5.74, 6) is -15.2. The molecule has 0 heterocycles. The molecule has 0 saturated heterocycles. The van der Waals surface area contributed by atoms with Gasteiger partial charge in [0.2, 0.25) is 11.2 Å². The summed E-state index contributed by atoms with van der Waals surface area (Å²) < 4.78 is 8.76. The third-order valence-electron chi connectivity index (χ3n) is 3.47. The van der Waals surface area contributed by atoms with Gasteiger partial charge in [-0.3, -0.25) is 19.2 Å². The van der Waals surface area contributed by atoms with Crippen molar-refractivity contribution >= 4 is 123 Å². The molecule has 34 heavy (non-hydrogen) atoms. The Balaban J connectivity index is -0.00000480. The fourth-order valence-electron chi connectivity index (χ4n) is 2.23. The van der Waals surface area contributed by atoms with Crippen LogP contribution in [0.25, 0.3) is 0 Å². The summed E-state index contributed by atoms with van der Waals surface area (Å²) in [6, 6.07) is 0. The van der Waals surface area contributed by atoms with Crippen LogP contribution in [0.5, 0.6) is 0 Å². The van der Waals surface area contributed by atoms with E-state index in [1.54, 1.807) is 0 Å². The van der Waals surface area contributed by atoms with Gasteiger partial charge >= 0.3 is 123 Å². The summed E-state index contributed by atoms with van der Waals surface area (Å²) in [7, 11) is 0. The van der Waals surface area contributed by atoms with Gasteiger partial charge in [-0.2, -0.15) is 0 Å². The fourth-order valence-corrected chi connectivity index (χ4v) is 2.23. The second-order valence-electron chi connectivity index (χ2n) is 6.06. The molecule has 18 heteroatoms. The van der Waals surface area contributed by atoms with Crippen LogP contribution in [0, 0.1) is 0 Å². The third-order valence-corrected chi connectivity index (χ3v) is 3.47. The summed E-state index contributed by atoms with van der Waals surface area (Å²) in [6.45, 7) is 0.